The number of halogens is 1. The van der Waals surface area contributed by atoms with Crippen molar-refractivity contribution in [3.8, 4) is 0 Å². The van der Waals surface area contributed by atoms with Gasteiger partial charge < -0.3 is 4.57 Å². The highest BCUT2D eigenvalue weighted by atomic mass is 35.5. The van der Waals surface area contributed by atoms with E-state index in [0.717, 1.165) is 22.6 Å². The van der Waals surface area contributed by atoms with Crippen molar-refractivity contribution < 1.29 is 0 Å². The van der Waals surface area contributed by atoms with Gasteiger partial charge in [0, 0.05) is 13.2 Å². The van der Waals surface area contributed by atoms with Crippen molar-refractivity contribution >= 4 is 22.6 Å². The van der Waals surface area contributed by atoms with Gasteiger partial charge in [0.2, 0.25) is 0 Å². The zero-order valence-corrected chi connectivity index (χ0v) is 11.7. The molecule has 19 heavy (non-hydrogen) atoms. The lowest BCUT2D eigenvalue weighted by Crippen LogP contribution is -2.05. The number of aromatic nitrogens is 4. The molecule has 0 spiro atoms. The van der Waals surface area contributed by atoms with Crippen molar-refractivity contribution in [3.05, 3.63) is 47.5 Å². The molecule has 5 heteroatoms. The Kier molecular flexibility index (Phi) is 3.03. The van der Waals surface area contributed by atoms with Crippen LogP contribution in [0, 0.1) is 6.92 Å². The van der Waals surface area contributed by atoms with Crippen molar-refractivity contribution in [1.82, 2.24) is 19.3 Å². The van der Waals surface area contributed by atoms with Crippen molar-refractivity contribution in [3.63, 3.8) is 0 Å². The minimum absolute atomic E-state index is 0.404. The maximum Gasteiger partial charge on any atom is 0.125 e. The van der Waals surface area contributed by atoms with E-state index in [2.05, 4.69) is 27.6 Å². The number of aryl methyl sites for hydroxylation is 2. The summed E-state index contributed by atoms with van der Waals surface area (Å²) in [5, 5.41) is 4.42. The standard InChI is InChI=1S/C14H15ClN4/c1-10-4-3-5-12-14(10)19(13(8-15)16-12)9-11-6-7-18(2)17-11/h3-7H,8-9H2,1-2H3. The number of fused-ring (bicyclic) bond motifs is 1. The summed E-state index contributed by atoms with van der Waals surface area (Å²) >= 11 is 6.02. The first-order valence-electron chi connectivity index (χ1n) is 6.18. The van der Waals surface area contributed by atoms with Crippen LogP contribution in [0.2, 0.25) is 0 Å². The first-order chi connectivity index (χ1) is 9.19. The normalized spacial score (nSPS) is 11.3. The lowest BCUT2D eigenvalue weighted by atomic mass is 10.2. The van der Waals surface area contributed by atoms with Crippen LogP contribution in [0.1, 0.15) is 17.1 Å². The van der Waals surface area contributed by atoms with Crippen LogP contribution < -0.4 is 0 Å². The minimum Gasteiger partial charge on any atom is -0.321 e. The van der Waals surface area contributed by atoms with E-state index < -0.39 is 0 Å². The van der Waals surface area contributed by atoms with Gasteiger partial charge in [-0.15, -0.1) is 11.6 Å². The Balaban J connectivity index is 2.15. The van der Waals surface area contributed by atoms with E-state index in [1.807, 2.05) is 36.1 Å². The number of hydrogen-bond acceptors (Lipinski definition) is 2. The number of benzene rings is 1. The predicted molar refractivity (Wildman–Crippen MR) is 76.3 cm³/mol. The Morgan fingerprint density at radius 3 is 2.79 bits per heavy atom. The highest BCUT2D eigenvalue weighted by Crippen LogP contribution is 2.22. The van der Waals surface area contributed by atoms with Crippen molar-refractivity contribution in [2.24, 2.45) is 7.05 Å². The smallest absolute Gasteiger partial charge is 0.125 e. The monoisotopic (exact) mass is 274 g/mol. The maximum absolute atomic E-state index is 6.02. The van der Waals surface area contributed by atoms with E-state index in [4.69, 9.17) is 11.6 Å². The molecule has 0 saturated carbocycles. The molecule has 1 aromatic carbocycles. The topological polar surface area (TPSA) is 35.6 Å². The van der Waals surface area contributed by atoms with Crippen molar-refractivity contribution in [2.45, 2.75) is 19.3 Å². The Morgan fingerprint density at radius 2 is 2.11 bits per heavy atom. The highest BCUT2D eigenvalue weighted by Gasteiger charge is 2.12. The number of nitrogens with zero attached hydrogens (tertiary/aromatic N) is 4. The van der Waals surface area contributed by atoms with Gasteiger partial charge in [0.25, 0.3) is 0 Å². The zero-order chi connectivity index (χ0) is 13.4. The van der Waals surface area contributed by atoms with E-state index in [-0.39, 0.29) is 0 Å². The van der Waals surface area contributed by atoms with Crippen LogP contribution in [0.25, 0.3) is 11.0 Å². The Bertz CT molecular complexity index is 726. The molecule has 0 aliphatic carbocycles. The summed E-state index contributed by atoms with van der Waals surface area (Å²) in [6, 6.07) is 8.15. The van der Waals surface area contributed by atoms with Crippen LogP contribution in [-0.4, -0.2) is 19.3 Å². The molecular formula is C14H15ClN4. The fourth-order valence-corrected chi connectivity index (χ4v) is 2.60. The molecule has 0 radical (unpaired) electrons. The van der Waals surface area contributed by atoms with Gasteiger partial charge in [0.1, 0.15) is 5.82 Å². The number of rotatable bonds is 3. The molecule has 0 amide bonds. The summed E-state index contributed by atoms with van der Waals surface area (Å²) in [6.45, 7) is 2.79. The molecule has 98 valence electrons. The zero-order valence-electron chi connectivity index (χ0n) is 11.0. The molecular weight excluding hydrogens is 260 g/mol. The number of alkyl halides is 1. The molecule has 3 rings (SSSR count). The number of imidazole rings is 1. The van der Waals surface area contributed by atoms with Crippen molar-refractivity contribution in [2.75, 3.05) is 0 Å². The third-order valence-corrected chi connectivity index (χ3v) is 3.49. The van der Waals surface area contributed by atoms with Crippen LogP contribution in [0.3, 0.4) is 0 Å². The molecule has 2 aromatic heterocycles. The van der Waals surface area contributed by atoms with Gasteiger partial charge in [0.15, 0.2) is 0 Å². The molecule has 0 atom stereocenters. The van der Waals surface area contributed by atoms with Gasteiger partial charge in [-0.3, -0.25) is 4.68 Å². The van der Waals surface area contributed by atoms with E-state index >= 15 is 0 Å². The molecule has 0 N–H and O–H groups in total. The highest BCUT2D eigenvalue weighted by molar-refractivity contribution is 6.16. The second-order valence-corrected chi connectivity index (χ2v) is 4.94. The van der Waals surface area contributed by atoms with Crippen LogP contribution in [0.5, 0.6) is 0 Å². The molecule has 4 nitrogen and oxygen atoms in total. The van der Waals surface area contributed by atoms with Crippen LogP contribution >= 0.6 is 11.6 Å². The first-order valence-corrected chi connectivity index (χ1v) is 6.71. The molecule has 0 aliphatic rings. The lowest BCUT2D eigenvalue weighted by molar-refractivity contribution is 0.701. The summed E-state index contributed by atoms with van der Waals surface area (Å²) in [4.78, 5) is 4.59. The number of para-hydroxylation sites is 1. The molecule has 0 bridgehead atoms. The van der Waals surface area contributed by atoms with E-state index in [1.54, 1.807) is 0 Å². The van der Waals surface area contributed by atoms with Gasteiger partial charge in [-0.05, 0) is 24.6 Å². The third-order valence-electron chi connectivity index (χ3n) is 3.26. The molecule has 0 fully saturated rings. The fourth-order valence-electron chi connectivity index (χ4n) is 2.40. The van der Waals surface area contributed by atoms with Gasteiger partial charge >= 0.3 is 0 Å². The largest absolute Gasteiger partial charge is 0.321 e. The maximum atomic E-state index is 6.02. The average Bonchev–Trinajstić information content (AvgIpc) is 2.95. The second kappa shape index (κ2) is 4.70. The summed E-state index contributed by atoms with van der Waals surface area (Å²) in [7, 11) is 1.92. The van der Waals surface area contributed by atoms with E-state index in [1.165, 1.54) is 5.56 Å². The molecule has 0 saturated heterocycles. The van der Waals surface area contributed by atoms with Gasteiger partial charge in [-0.1, -0.05) is 12.1 Å². The van der Waals surface area contributed by atoms with Crippen LogP contribution in [0.4, 0.5) is 0 Å². The van der Waals surface area contributed by atoms with Gasteiger partial charge in [0.05, 0.1) is 29.2 Å². The number of hydrogen-bond donors (Lipinski definition) is 0. The molecule has 0 aliphatic heterocycles. The van der Waals surface area contributed by atoms with Crippen LogP contribution in [-0.2, 0) is 19.5 Å². The predicted octanol–water partition coefficient (Wildman–Crippen LogP) is 2.87. The Labute approximate surface area is 116 Å². The Morgan fingerprint density at radius 1 is 1.26 bits per heavy atom. The SMILES string of the molecule is Cc1cccc2nc(CCl)n(Cc3ccn(C)n3)c12. The first kappa shape index (κ1) is 12.2. The minimum atomic E-state index is 0.404. The summed E-state index contributed by atoms with van der Waals surface area (Å²) < 4.78 is 3.96. The molecule has 2 heterocycles. The summed E-state index contributed by atoms with van der Waals surface area (Å²) in [6.07, 6.45) is 1.95. The van der Waals surface area contributed by atoms with Gasteiger partial charge in [-0.2, -0.15) is 5.10 Å². The lowest BCUT2D eigenvalue weighted by Gasteiger charge is -2.07. The van der Waals surface area contributed by atoms with Crippen molar-refractivity contribution in [1.29, 1.82) is 0 Å². The molecule has 0 unspecified atom stereocenters. The summed E-state index contributed by atoms with van der Waals surface area (Å²) in [5.41, 5.74) is 4.35. The van der Waals surface area contributed by atoms with Gasteiger partial charge in [-0.25, -0.2) is 4.98 Å². The Hall–Kier alpha value is -1.81. The van der Waals surface area contributed by atoms with E-state index in [0.29, 0.717) is 12.4 Å². The third kappa shape index (κ3) is 2.12. The second-order valence-electron chi connectivity index (χ2n) is 4.67. The van der Waals surface area contributed by atoms with Crippen LogP contribution in [0.15, 0.2) is 30.5 Å². The fraction of sp³-hybridized carbons (Fsp3) is 0.286. The molecule has 3 aromatic rings. The average molecular weight is 275 g/mol. The quantitative estimate of drug-likeness (QED) is 0.689. The summed E-state index contributed by atoms with van der Waals surface area (Å²) in [5.74, 6) is 1.29. The van der Waals surface area contributed by atoms with E-state index in [9.17, 15) is 0 Å².